The number of hydrogen-bond donors (Lipinski definition) is 2. The van der Waals surface area contributed by atoms with E-state index in [9.17, 15) is 13.6 Å². The van der Waals surface area contributed by atoms with Crippen LogP contribution in [0, 0.1) is 18.6 Å². The lowest BCUT2D eigenvalue weighted by atomic mass is 10.1. The van der Waals surface area contributed by atoms with Gasteiger partial charge in [-0.25, -0.2) is 8.78 Å². The predicted octanol–water partition coefficient (Wildman–Crippen LogP) is 2.91. The largest absolute Gasteiger partial charge is 0.326 e. The maximum absolute atomic E-state index is 13.8. The van der Waals surface area contributed by atoms with Crippen LogP contribution in [0.3, 0.4) is 0 Å². The van der Waals surface area contributed by atoms with Crippen LogP contribution < -0.4 is 11.1 Å². The first kappa shape index (κ1) is 15.1. The van der Waals surface area contributed by atoms with Crippen LogP contribution in [0.2, 0.25) is 0 Å². The van der Waals surface area contributed by atoms with Gasteiger partial charge in [-0.3, -0.25) is 4.79 Å². The number of halogens is 2. The number of carbonyl (C=O) groups excluding carboxylic acids is 1. The van der Waals surface area contributed by atoms with E-state index in [0.717, 1.165) is 17.2 Å². The second-order valence-corrected chi connectivity index (χ2v) is 4.80. The molecule has 0 radical (unpaired) electrons. The SMILES string of the molecule is Cc1ccc(F)c(NC(=O)Cc2ccc(CN)cc2)c1F. The molecule has 2 aromatic carbocycles. The number of hydrogen-bond acceptors (Lipinski definition) is 2. The molecule has 0 bridgehead atoms. The Bertz CT molecular complexity index is 654. The Morgan fingerprint density at radius 1 is 1.10 bits per heavy atom. The molecule has 0 saturated carbocycles. The quantitative estimate of drug-likeness (QED) is 0.909. The van der Waals surface area contributed by atoms with E-state index in [1.165, 1.54) is 13.0 Å². The number of rotatable bonds is 4. The van der Waals surface area contributed by atoms with Crippen LogP contribution in [0.15, 0.2) is 36.4 Å². The zero-order chi connectivity index (χ0) is 15.4. The molecule has 110 valence electrons. The van der Waals surface area contributed by atoms with Crippen LogP contribution in [0.4, 0.5) is 14.5 Å². The molecule has 0 aromatic heterocycles. The summed E-state index contributed by atoms with van der Waals surface area (Å²) in [4.78, 5) is 11.9. The Labute approximate surface area is 121 Å². The number of anilines is 1. The molecule has 2 rings (SSSR count). The van der Waals surface area contributed by atoms with E-state index < -0.39 is 23.2 Å². The van der Waals surface area contributed by atoms with Crippen molar-refractivity contribution in [3.05, 3.63) is 64.7 Å². The summed E-state index contributed by atoms with van der Waals surface area (Å²) in [6.07, 6.45) is 0.0394. The average Bonchev–Trinajstić information content (AvgIpc) is 2.48. The third-order valence-corrected chi connectivity index (χ3v) is 3.17. The first-order chi connectivity index (χ1) is 10.0. The van der Waals surface area contributed by atoms with Crippen molar-refractivity contribution in [1.29, 1.82) is 0 Å². The van der Waals surface area contributed by atoms with Crippen molar-refractivity contribution >= 4 is 11.6 Å². The lowest BCUT2D eigenvalue weighted by Crippen LogP contribution is -2.17. The van der Waals surface area contributed by atoms with E-state index in [0.29, 0.717) is 6.54 Å². The van der Waals surface area contributed by atoms with Crippen LogP contribution in [0.25, 0.3) is 0 Å². The summed E-state index contributed by atoms with van der Waals surface area (Å²) in [5, 5.41) is 2.28. The zero-order valence-corrected chi connectivity index (χ0v) is 11.6. The zero-order valence-electron chi connectivity index (χ0n) is 11.6. The molecule has 0 fully saturated rings. The number of aryl methyl sites for hydroxylation is 1. The van der Waals surface area contributed by atoms with Crippen LogP contribution >= 0.6 is 0 Å². The third-order valence-electron chi connectivity index (χ3n) is 3.17. The Hall–Kier alpha value is -2.27. The topological polar surface area (TPSA) is 55.1 Å². The lowest BCUT2D eigenvalue weighted by molar-refractivity contribution is -0.115. The van der Waals surface area contributed by atoms with E-state index in [-0.39, 0.29) is 12.0 Å². The Kier molecular flexibility index (Phi) is 4.65. The predicted molar refractivity (Wildman–Crippen MR) is 77.8 cm³/mol. The summed E-state index contributed by atoms with van der Waals surface area (Å²) < 4.78 is 27.4. The number of benzene rings is 2. The Morgan fingerprint density at radius 2 is 1.71 bits per heavy atom. The summed E-state index contributed by atoms with van der Waals surface area (Å²) in [6.45, 7) is 1.93. The molecule has 0 heterocycles. The van der Waals surface area contributed by atoms with Gasteiger partial charge in [0.2, 0.25) is 5.91 Å². The fourth-order valence-corrected chi connectivity index (χ4v) is 1.93. The molecule has 0 saturated heterocycles. The minimum absolute atomic E-state index is 0.0394. The molecule has 0 aliphatic carbocycles. The summed E-state index contributed by atoms with van der Waals surface area (Å²) in [6, 6.07) is 9.62. The number of carbonyl (C=O) groups is 1. The second kappa shape index (κ2) is 6.45. The van der Waals surface area contributed by atoms with E-state index >= 15 is 0 Å². The summed E-state index contributed by atoms with van der Waals surface area (Å²) in [5.74, 6) is -2.01. The highest BCUT2D eigenvalue weighted by Gasteiger charge is 2.14. The first-order valence-corrected chi connectivity index (χ1v) is 6.53. The van der Waals surface area contributed by atoms with Crippen molar-refractivity contribution in [3.63, 3.8) is 0 Å². The average molecular weight is 290 g/mol. The van der Waals surface area contributed by atoms with Gasteiger partial charge >= 0.3 is 0 Å². The van der Waals surface area contributed by atoms with Gasteiger partial charge in [-0.05, 0) is 29.7 Å². The fraction of sp³-hybridized carbons (Fsp3) is 0.188. The number of nitrogens with one attached hydrogen (secondary N) is 1. The molecule has 0 atom stereocenters. The highest BCUT2D eigenvalue weighted by atomic mass is 19.1. The van der Waals surface area contributed by atoms with Gasteiger partial charge in [0, 0.05) is 6.54 Å². The minimum Gasteiger partial charge on any atom is -0.326 e. The first-order valence-electron chi connectivity index (χ1n) is 6.53. The van der Waals surface area contributed by atoms with Crippen LogP contribution in [-0.2, 0) is 17.8 Å². The molecule has 1 amide bonds. The molecular formula is C16H16F2N2O. The molecule has 3 nitrogen and oxygen atoms in total. The van der Waals surface area contributed by atoms with Gasteiger partial charge in [0.1, 0.15) is 11.5 Å². The van der Waals surface area contributed by atoms with Crippen molar-refractivity contribution in [2.45, 2.75) is 19.9 Å². The van der Waals surface area contributed by atoms with Crippen molar-refractivity contribution < 1.29 is 13.6 Å². The molecule has 3 N–H and O–H groups in total. The summed E-state index contributed by atoms with van der Waals surface area (Å²) >= 11 is 0. The fourth-order valence-electron chi connectivity index (χ4n) is 1.93. The highest BCUT2D eigenvalue weighted by Crippen LogP contribution is 2.21. The number of nitrogens with two attached hydrogens (primary N) is 1. The van der Waals surface area contributed by atoms with Gasteiger partial charge < -0.3 is 11.1 Å². The van der Waals surface area contributed by atoms with Crippen molar-refractivity contribution in [2.75, 3.05) is 5.32 Å². The van der Waals surface area contributed by atoms with Gasteiger partial charge in [0.05, 0.1) is 6.42 Å². The second-order valence-electron chi connectivity index (χ2n) is 4.80. The van der Waals surface area contributed by atoms with Crippen LogP contribution in [0.1, 0.15) is 16.7 Å². The molecule has 0 unspecified atom stereocenters. The van der Waals surface area contributed by atoms with Gasteiger partial charge in [-0.1, -0.05) is 30.3 Å². The summed E-state index contributed by atoms with van der Waals surface area (Å²) in [7, 11) is 0. The maximum Gasteiger partial charge on any atom is 0.228 e. The van der Waals surface area contributed by atoms with Gasteiger partial charge in [0.25, 0.3) is 0 Å². The van der Waals surface area contributed by atoms with E-state index in [1.54, 1.807) is 12.1 Å². The summed E-state index contributed by atoms with van der Waals surface area (Å²) in [5.41, 5.74) is 7.06. The molecule has 0 aliphatic heterocycles. The molecule has 21 heavy (non-hydrogen) atoms. The maximum atomic E-state index is 13.8. The highest BCUT2D eigenvalue weighted by molar-refractivity contribution is 5.92. The van der Waals surface area contributed by atoms with Gasteiger partial charge in [-0.2, -0.15) is 0 Å². The Morgan fingerprint density at radius 3 is 2.33 bits per heavy atom. The molecule has 0 aliphatic rings. The van der Waals surface area contributed by atoms with E-state index in [4.69, 9.17) is 5.73 Å². The monoisotopic (exact) mass is 290 g/mol. The lowest BCUT2D eigenvalue weighted by Gasteiger charge is -2.09. The molecular weight excluding hydrogens is 274 g/mol. The Balaban J connectivity index is 2.09. The van der Waals surface area contributed by atoms with Crippen LogP contribution in [-0.4, -0.2) is 5.91 Å². The smallest absolute Gasteiger partial charge is 0.228 e. The van der Waals surface area contributed by atoms with Gasteiger partial charge in [0.15, 0.2) is 5.82 Å². The van der Waals surface area contributed by atoms with Gasteiger partial charge in [-0.15, -0.1) is 0 Å². The third kappa shape index (κ3) is 3.64. The molecule has 5 heteroatoms. The normalized spacial score (nSPS) is 10.5. The van der Waals surface area contributed by atoms with E-state index in [2.05, 4.69) is 5.32 Å². The van der Waals surface area contributed by atoms with Crippen molar-refractivity contribution in [2.24, 2.45) is 5.73 Å². The van der Waals surface area contributed by atoms with Crippen molar-refractivity contribution in [3.8, 4) is 0 Å². The standard InChI is InChI=1S/C16H16F2N2O/c1-10-2-7-13(17)16(15(10)18)20-14(21)8-11-3-5-12(9-19)6-4-11/h2-7H,8-9,19H2,1H3,(H,20,21). The van der Waals surface area contributed by atoms with Crippen molar-refractivity contribution in [1.82, 2.24) is 0 Å². The molecule has 0 spiro atoms. The number of amides is 1. The van der Waals surface area contributed by atoms with Crippen LogP contribution in [0.5, 0.6) is 0 Å². The molecule has 2 aromatic rings. The minimum atomic E-state index is -0.787. The van der Waals surface area contributed by atoms with E-state index in [1.807, 2.05) is 12.1 Å².